The van der Waals surface area contributed by atoms with Crippen LogP contribution in [0.1, 0.15) is 31.2 Å². The normalized spacial score (nSPS) is 9.83. The number of rotatable bonds is 8. The molecule has 0 fully saturated rings. The predicted octanol–water partition coefficient (Wildman–Crippen LogP) is 2.53. The molecule has 0 aliphatic rings. The molecule has 0 unspecified atom stereocenters. The highest BCUT2D eigenvalue weighted by Gasteiger charge is 2.03. The van der Waals surface area contributed by atoms with E-state index >= 15 is 0 Å². The van der Waals surface area contributed by atoms with Gasteiger partial charge in [-0.3, -0.25) is 0 Å². The zero-order valence-electron chi connectivity index (χ0n) is 10.8. The lowest BCUT2D eigenvalue weighted by molar-refractivity contribution is 0.283. The van der Waals surface area contributed by atoms with Gasteiger partial charge in [0.05, 0.1) is 18.4 Å². The Bertz CT molecular complexity index is 399. The van der Waals surface area contributed by atoms with Crippen LogP contribution in [0, 0.1) is 11.3 Å². The zero-order chi connectivity index (χ0) is 13.2. The number of methoxy groups -OCH3 is 1. The topological polar surface area (TPSA) is 65.3 Å². The summed E-state index contributed by atoms with van der Waals surface area (Å²) in [5, 5.41) is 20.9. The van der Waals surface area contributed by atoms with Gasteiger partial charge in [0.15, 0.2) is 0 Å². The van der Waals surface area contributed by atoms with Gasteiger partial charge in [-0.2, -0.15) is 5.26 Å². The Labute approximate surface area is 108 Å². The Kier molecular flexibility index (Phi) is 6.67. The third kappa shape index (κ3) is 4.64. The number of hydrogen-bond donors (Lipinski definition) is 2. The SMILES string of the molecule is COc1ccc(C#N)c(NCCCCCCO)c1. The first-order valence-electron chi connectivity index (χ1n) is 6.24. The summed E-state index contributed by atoms with van der Waals surface area (Å²) < 4.78 is 5.14. The molecule has 98 valence electrons. The van der Waals surface area contributed by atoms with Crippen LogP contribution in [0.15, 0.2) is 18.2 Å². The number of benzene rings is 1. The smallest absolute Gasteiger partial charge is 0.121 e. The number of unbranched alkanes of at least 4 members (excludes halogenated alkanes) is 3. The average Bonchev–Trinajstić information content (AvgIpc) is 2.42. The first-order valence-corrected chi connectivity index (χ1v) is 6.24. The summed E-state index contributed by atoms with van der Waals surface area (Å²) in [5.74, 6) is 0.747. The highest BCUT2D eigenvalue weighted by Crippen LogP contribution is 2.21. The molecule has 0 saturated carbocycles. The maximum Gasteiger partial charge on any atom is 0.121 e. The number of ether oxygens (including phenoxy) is 1. The highest BCUT2D eigenvalue weighted by atomic mass is 16.5. The lowest BCUT2D eigenvalue weighted by Crippen LogP contribution is -2.03. The van der Waals surface area contributed by atoms with Gasteiger partial charge in [-0.25, -0.2) is 0 Å². The maximum absolute atomic E-state index is 9.00. The van der Waals surface area contributed by atoms with Crippen molar-refractivity contribution in [2.45, 2.75) is 25.7 Å². The van der Waals surface area contributed by atoms with Crippen molar-refractivity contribution in [3.63, 3.8) is 0 Å². The quantitative estimate of drug-likeness (QED) is 0.694. The van der Waals surface area contributed by atoms with Gasteiger partial charge >= 0.3 is 0 Å². The van der Waals surface area contributed by atoms with E-state index < -0.39 is 0 Å². The number of nitriles is 1. The second-order valence-corrected chi connectivity index (χ2v) is 4.09. The summed E-state index contributed by atoms with van der Waals surface area (Å²) in [6.45, 7) is 1.09. The molecular formula is C14H20N2O2. The Morgan fingerprint density at radius 2 is 2.06 bits per heavy atom. The van der Waals surface area contributed by atoms with Gasteiger partial charge in [-0.15, -0.1) is 0 Å². The fraction of sp³-hybridized carbons (Fsp3) is 0.500. The van der Waals surface area contributed by atoms with Crippen LogP contribution in [0.25, 0.3) is 0 Å². The van der Waals surface area contributed by atoms with Crippen molar-refractivity contribution < 1.29 is 9.84 Å². The molecule has 0 aliphatic carbocycles. The Hall–Kier alpha value is -1.73. The molecular weight excluding hydrogens is 228 g/mol. The fourth-order valence-corrected chi connectivity index (χ4v) is 1.71. The van der Waals surface area contributed by atoms with Gasteiger partial charge in [-0.05, 0) is 25.0 Å². The third-order valence-electron chi connectivity index (χ3n) is 2.75. The lowest BCUT2D eigenvalue weighted by atomic mass is 10.1. The molecule has 0 saturated heterocycles. The monoisotopic (exact) mass is 248 g/mol. The van der Waals surface area contributed by atoms with E-state index in [0.29, 0.717) is 5.56 Å². The second kappa shape index (κ2) is 8.37. The van der Waals surface area contributed by atoms with Gasteiger partial charge in [-0.1, -0.05) is 12.8 Å². The summed E-state index contributed by atoms with van der Waals surface area (Å²) >= 11 is 0. The minimum Gasteiger partial charge on any atom is -0.497 e. The molecule has 0 spiro atoms. The van der Waals surface area contributed by atoms with Crippen LogP contribution in [0.4, 0.5) is 5.69 Å². The average molecular weight is 248 g/mol. The number of aliphatic hydroxyl groups excluding tert-OH is 1. The number of nitrogens with zero attached hydrogens (tertiary/aromatic N) is 1. The van der Waals surface area contributed by atoms with Crippen molar-refractivity contribution in [2.24, 2.45) is 0 Å². The Morgan fingerprint density at radius 1 is 1.28 bits per heavy atom. The van der Waals surface area contributed by atoms with Crippen LogP contribution in [0.5, 0.6) is 5.75 Å². The van der Waals surface area contributed by atoms with E-state index in [1.807, 2.05) is 6.07 Å². The molecule has 2 N–H and O–H groups in total. The number of hydrogen-bond acceptors (Lipinski definition) is 4. The number of aliphatic hydroxyl groups is 1. The van der Waals surface area contributed by atoms with Crippen LogP contribution < -0.4 is 10.1 Å². The number of anilines is 1. The van der Waals surface area contributed by atoms with E-state index in [1.54, 1.807) is 19.2 Å². The van der Waals surface area contributed by atoms with Crippen LogP contribution in [0.3, 0.4) is 0 Å². The van der Waals surface area contributed by atoms with E-state index in [1.165, 1.54) is 0 Å². The largest absolute Gasteiger partial charge is 0.497 e. The molecule has 4 nitrogen and oxygen atoms in total. The van der Waals surface area contributed by atoms with Crippen molar-refractivity contribution in [2.75, 3.05) is 25.6 Å². The van der Waals surface area contributed by atoms with Gasteiger partial charge in [0, 0.05) is 19.2 Å². The van der Waals surface area contributed by atoms with Crippen molar-refractivity contribution in [1.29, 1.82) is 5.26 Å². The summed E-state index contributed by atoms with van der Waals surface area (Å²) in [5.41, 5.74) is 1.45. The first-order chi connectivity index (χ1) is 8.81. The molecule has 0 radical (unpaired) electrons. The van der Waals surface area contributed by atoms with E-state index in [2.05, 4.69) is 11.4 Å². The van der Waals surface area contributed by atoms with Gasteiger partial charge < -0.3 is 15.2 Å². The summed E-state index contributed by atoms with van der Waals surface area (Å²) in [4.78, 5) is 0. The van der Waals surface area contributed by atoms with E-state index in [4.69, 9.17) is 15.1 Å². The summed E-state index contributed by atoms with van der Waals surface area (Å²) in [6.07, 6.45) is 4.02. The van der Waals surface area contributed by atoms with Gasteiger partial charge in [0.2, 0.25) is 0 Å². The Morgan fingerprint density at radius 3 is 2.72 bits per heavy atom. The molecule has 0 bridgehead atoms. The fourth-order valence-electron chi connectivity index (χ4n) is 1.71. The molecule has 4 heteroatoms. The van der Waals surface area contributed by atoms with Crippen molar-refractivity contribution >= 4 is 5.69 Å². The van der Waals surface area contributed by atoms with Gasteiger partial charge in [0.25, 0.3) is 0 Å². The van der Waals surface area contributed by atoms with Gasteiger partial charge in [0.1, 0.15) is 11.8 Å². The molecule has 0 atom stereocenters. The lowest BCUT2D eigenvalue weighted by Gasteiger charge is -2.09. The zero-order valence-corrected chi connectivity index (χ0v) is 10.8. The van der Waals surface area contributed by atoms with E-state index in [-0.39, 0.29) is 6.61 Å². The van der Waals surface area contributed by atoms with Crippen molar-refractivity contribution in [3.8, 4) is 11.8 Å². The van der Waals surface area contributed by atoms with Crippen LogP contribution in [0.2, 0.25) is 0 Å². The molecule has 0 aliphatic heterocycles. The van der Waals surface area contributed by atoms with E-state index in [9.17, 15) is 0 Å². The maximum atomic E-state index is 9.00. The highest BCUT2D eigenvalue weighted by molar-refractivity contribution is 5.60. The minimum absolute atomic E-state index is 0.266. The molecule has 1 aromatic carbocycles. The van der Waals surface area contributed by atoms with Crippen molar-refractivity contribution in [3.05, 3.63) is 23.8 Å². The first kappa shape index (κ1) is 14.3. The molecule has 1 aromatic rings. The molecule has 18 heavy (non-hydrogen) atoms. The molecule has 1 rings (SSSR count). The van der Waals surface area contributed by atoms with Crippen LogP contribution >= 0.6 is 0 Å². The standard InChI is InChI=1S/C14H20N2O2/c1-18-13-7-6-12(11-15)14(10-13)16-8-4-2-3-5-9-17/h6-7,10,16-17H,2-5,8-9H2,1H3. The van der Waals surface area contributed by atoms with Crippen LogP contribution in [-0.2, 0) is 0 Å². The third-order valence-corrected chi connectivity index (χ3v) is 2.75. The van der Waals surface area contributed by atoms with E-state index in [0.717, 1.165) is 43.7 Å². The Balaban J connectivity index is 2.43. The summed E-state index contributed by atoms with van der Waals surface area (Å²) in [6, 6.07) is 7.54. The minimum atomic E-state index is 0.266. The van der Waals surface area contributed by atoms with Crippen molar-refractivity contribution in [1.82, 2.24) is 0 Å². The van der Waals surface area contributed by atoms with Crippen LogP contribution in [-0.4, -0.2) is 25.4 Å². The summed E-state index contributed by atoms with van der Waals surface area (Å²) in [7, 11) is 1.61. The molecule has 0 aromatic heterocycles. The second-order valence-electron chi connectivity index (χ2n) is 4.09. The molecule has 0 amide bonds. The predicted molar refractivity (Wildman–Crippen MR) is 71.8 cm³/mol. The molecule has 0 heterocycles. The number of nitrogens with one attached hydrogen (secondary N) is 1.